The predicted octanol–water partition coefficient (Wildman–Crippen LogP) is 2.63. The van der Waals surface area contributed by atoms with Gasteiger partial charge in [0.15, 0.2) is 0 Å². The summed E-state index contributed by atoms with van der Waals surface area (Å²) in [6.07, 6.45) is 8.21. The van der Waals surface area contributed by atoms with Gasteiger partial charge in [0.25, 0.3) is 0 Å². The minimum Gasteiger partial charge on any atom is -0.444 e. The molecule has 0 bridgehead atoms. The van der Waals surface area contributed by atoms with Gasteiger partial charge in [-0.2, -0.15) is 0 Å². The Morgan fingerprint density at radius 2 is 2.05 bits per heavy atom. The first-order valence-corrected chi connectivity index (χ1v) is 7.53. The van der Waals surface area contributed by atoms with Crippen LogP contribution in [0.1, 0.15) is 47.0 Å². The molecule has 0 spiro atoms. The standard InChI is InChI=1S/C16H28N2O2/c1-6-14(7-2)17-12-13-8-10-18(11-9-13)15(19)20-16(3,4)5/h1,13-14,17H,7-12H2,2-5H3. The van der Waals surface area contributed by atoms with Crippen molar-refractivity contribution in [3.63, 3.8) is 0 Å². The number of ether oxygens (including phenoxy) is 1. The number of terminal acetylenes is 1. The molecule has 0 aliphatic carbocycles. The molecule has 0 aromatic heterocycles. The van der Waals surface area contributed by atoms with Gasteiger partial charge in [-0.1, -0.05) is 12.8 Å². The molecule has 0 aromatic carbocycles. The molecule has 4 nitrogen and oxygen atoms in total. The van der Waals surface area contributed by atoms with Crippen LogP contribution in [0, 0.1) is 18.3 Å². The Kier molecular flexibility index (Phi) is 6.35. The van der Waals surface area contributed by atoms with E-state index in [0.29, 0.717) is 5.92 Å². The fourth-order valence-corrected chi connectivity index (χ4v) is 2.28. The lowest BCUT2D eigenvalue weighted by Gasteiger charge is -2.33. The maximum atomic E-state index is 11.9. The molecule has 1 N–H and O–H groups in total. The van der Waals surface area contributed by atoms with Gasteiger partial charge in [-0.25, -0.2) is 4.79 Å². The SMILES string of the molecule is C#CC(CC)NCC1CCN(C(=O)OC(C)(C)C)CC1. The Bertz CT molecular complexity index is 346. The van der Waals surface area contributed by atoms with Crippen molar-refractivity contribution in [3.05, 3.63) is 0 Å². The molecule has 20 heavy (non-hydrogen) atoms. The summed E-state index contributed by atoms with van der Waals surface area (Å²) in [4.78, 5) is 13.7. The zero-order valence-electron chi connectivity index (χ0n) is 13.2. The van der Waals surface area contributed by atoms with E-state index in [1.807, 2.05) is 20.8 Å². The van der Waals surface area contributed by atoms with Crippen molar-refractivity contribution in [2.45, 2.75) is 58.6 Å². The predicted molar refractivity (Wildman–Crippen MR) is 81.4 cm³/mol. The van der Waals surface area contributed by atoms with Crippen LogP contribution in [0.3, 0.4) is 0 Å². The van der Waals surface area contributed by atoms with Crippen molar-refractivity contribution in [1.82, 2.24) is 10.2 Å². The van der Waals surface area contributed by atoms with Crippen molar-refractivity contribution in [3.8, 4) is 12.3 Å². The zero-order valence-corrected chi connectivity index (χ0v) is 13.2. The molecule has 4 heteroatoms. The highest BCUT2D eigenvalue weighted by atomic mass is 16.6. The average Bonchev–Trinajstić information content (AvgIpc) is 2.38. The van der Waals surface area contributed by atoms with E-state index in [0.717, 1.165) is 38.9 Å². The third-order valence-electron chi connectivity index (χ3n) is 3.53. The van der Waals surface area contributed by atoms with Crippen LogP contribution in [0.5, 0.6) is 0 Å². The molecule has 0 radical (unpaired) electrons. The summed E-state index contributed by atoms with van der Waals surface area (Å²) >= 11 is 0. The molecule has 1 rings (SSSR count). The summed E-state index contributed by atoms with van der Waals surface area (Å²) in [7, 11) is 0. The Morgan fingerprint density at radius 3 is 2.50 bits per heavy atom. The van der Waals surface area contributed by atoms with E-state index >= 15 is 0 Å². The quantitative estimate of drug-likeness (QED) is 0.805. The van der Waals surface area contributed by atoms with E-state index in [2.05, 4.69) is 18.2 Å². The van der Waals surface area contributed by atoms with Crippen molar-refractivity contribution in [1.29, 1.82) is 0 Å². The lowest BCUT2D eigenvalue weighted by Crippen LogP contribution is -2.44. The maximum absolute atomic E-state index is 11.9. The molecule has 1 fully saturated rings. The van der Waals surface area contributed by atoms with Crippen LogP contribution in [-0.2, 0) is 4.74 Å². The van der Waals surface area contributed by atoms with Crippen LogP contribution in [-0.4, -0.2) is 42.3 Å². The van der Waals surface area contributed by atoms with Crippen LogP contribution in [0.25, 0.3) is 0 Å². The first-order chi connectivity index (χ1) is 9.35. The van der Waals surface area contributed by atoms with Crippen molar-refractivity contribution >= 4 is 6.09 Å². The van der Waals surface area contributed by atoms with Gasteiger partial charge in [0.2, 0.25) is 0 Å². The lowest BCUT2D eigenvalue weighted by molar-refractivity contribution is 0.0184. The summed E-state index contributed by atoms with van der Waals surface area (Å²) in [5.74, 6) is 3.34. The minimum atomic E-state index is -0.420. The number of carbonyl (C=O) groups is 1. The van der Waals surface area contributed by atoms with Crippen LogP contribution >= 0.6 is 0 Å². The molecule has 1 heterocycles. The van der Waals surface area contributed by atoms with Gasteiger partial charge in [0, 0.05) is 13.1 Å². The molecule has 1 aliphatic heterocycles. The van der Waals surface area contributed by atoms with Gasteiger partial charge in [-0.15, -0.1) is 6.42 Å². The van der Waals surface area contributed by atoms with Gasteiger partial charge in [0.05, 0.1) is 6.04 Å². The number of likely N-dealkylation sites (tertiary alicyclic amines) is 1. The summed E-state index contributed by atoms with van der Waals surface area (Å²) in [5.41, 5.74) is -0.420. The Hall–Kier alpha value is -1.21. The first kappa shape index (κ1) is 16.8. The summed E-state index contributed by atoms with van der Waals surface area (Å²) in [6.45, 7) is 10.3. The van der Waals surface area contributed by atoms with Gasteiger partial charge < -0.3 is 15.0 Å². The molecule has 114 valence electrons. The zero-order chi connectivity index (χ0) is 15.2. The van der Waals surface area contributed by atoms with Crippen molar-refractivity contribution in [2.75, 3.05) is 19.6 Å². The molecule has 1 unspecified atom stereocenters. The van der Waals surface area contributed by atoms with Gasteiger partial charge in [0.1, 0.15) is 5.60 Å². The smallest absolute Gasteiger partial charge is 0.410 e. The monoisotopic (exact) mass is 280 g/mol. The third-order valence-corrected chi connectivity index (χ3v) is 3.53. The fraction of sp³-hybridized carbons (Fsp3) is 0.812. The molecule has 0 saturated carbocycles. The van der Waals surface area contributed by atoms with E-state index in [-0.39, 0.29) is 12.1 Å². The number of nitrogens with one attached hydrogen (secondary N) is 1. The fourth-order valence-electron chi connectivity index (χ4n) is 2.28. The average molecular weight is 280 g/mol. The van der Waals surface area contributed by atoms with E-state index in [9.17, 15) is 4.79 Å². The Morgan fingerprint density at radius 1 is 1.45 bits per heavy atom. The van der Waals surface area contributed by atoms with Crippen molar-refractivity contribution in [2.24, 2.45) is 5.92 Å². The summed E-state index contributed by atoms with van der Waals surface area (Å²) in [5, 5.41) is 3.40. The largest absolute Gasteiger partial charge is 0.444 e. The second-order valence-electron chi connectivity index (χ2n) is 6.45. The highest BCUT2D eigenvalue weighted by Gasteiger charge is 2.26. The van der Waals surface area contributed by atoms with Crippen LogP contribution in [0.2, 0.25) is 0 Å². The van der Waals surface area contributed by atoms with E-state index in [1.165, 1.54) is 0 Å². The number of hydrogen-bond donors (Lipinski definition) is 1. The third kappa shape index (κ3) is 5.83. The molecular weight excluding hydrogens is 252 g/mol. The van der Waals surface area contributed by atoms with Crippen molar-refractivity contribution < 1.29 is 9.53 Å². The molecular formula is C16H28N2O2. The number of nitrogens with zero attached hydrogens (tertiary/aromatic N) is 1. The van der Waals surface area contributed by atoms with E-state index in [4.69, 9.17) is 11.2 Å². The summed E-state index contributed by atoms with van der Waals surface area (Å²) < 4.78 is 5.39. The number of piperidine rings is 1. The highest BCUT2D eigenvalue weighted by Crippen LogP contribution is 2.19. The van der Waals surface area contributed by atoms with Gasteiger partial charge >= 0.3 is 6.09 Å². The number of hydrogen-bond acceptors (Lipinski definition) is 3. The van der Waals surface area contributed by atoms with Crippen LogP contribution < -0.4 is 5.32 Å². The second-order valence-corrected chi connectivity index (χ2v) is 6.45. The first-order valence-electron chi connectivity index (χ1n) is 7.53. The van der Waals surface area contributed by atoms with Crippen LogP contribution in [0.15, 0.2) is 0 Å². The number of amides is 1. The molecule has 1 atom stereocenters. The topological polar surface area (TPSA) is 41.6 Å². The molecule has 1 saturated heterocycles. The number of carbonyl (C=O) groups excluding carboxylic acids is 1. The molecule has 1 amide bonds. The summed E-state index contributed by atoms with van der Waals surface area (Å²) in [6, 6.07) is 0.166. The van der Waals surface area contributed by atoms with E-state index in [1.54, 1.807) is 4.90 Å². The molecule has 0 aromatic rings. The Balaban J connectivity index is 2.30. The lowest BCUT2D eigenvalue weighted by atomic mass is 9.96. The molecule has 1 aliphatic rings. The minimum absolute atomic E-state index is 0.166. The maximum Gasteiger partial charge on any atom is 0.410 e. The van der Waals surface area contributed by atoms with Gasteiger partial charge in [-0.3, -0.25) is 0 Å². The van der Waals surface area contributed by atoms with Gasteiger partial charge in [-0.05, 0) is 52.5 Å². The van der Waals surface area contributed by atoms with E-state index < -0.39 is 5.60 Å². The van der Waals surface area contributed by atoms with Crippen LogP contribution in [0.4, 0.5) is 4.79 Å². The normalized spacial score (nSPS) is 18.4. The number of rotatable bonds is 4. The second kappa shape index (κ2) is 7.54. The highest BCUT2D eigenvalue weighted by molar-refractivity contribution is 5.68. The Labute approximate surface area is 123 Å².